The number of ether oxygens (including phenoxy) is 2. The Morgan fingerprint density at radius 3 is 2.35 bits per heavy atom. The molecule has 0 aromatic heterocycles. The van der Waals surface area contributed by atoms with Gasteiger partial charge in [0.15, 0.2) is 0 Å². The number of rotatable bonds is 8. The highest BCUT2D eigenvalue weighted by Crippen LogP contribution is 2.27. The van der Waals surface area contributed by atoms with Crippen molar-refractivity contribution in [3.63, 3.8) is 0 Å². The minimum absolute atomic E-state index is 0.128. The van der Waals surface area contributed by atoms with Gasteiger partial charge in [0.05, 0.1) is 20.1 Å². The molecule has 2 rings (SSSR count). The van der Waals surface area contributed by atoms with E-state index in [0.29, 0.717) is 25.4 Å². The van der Waals surface area contributed by atoms with Crippen LogP contribution in [0.25, 0.3) is 0 Å². The Hall–Kier alpha value is -2.04. The summed E-state index contributed by atoms with van der Waals surface area (Å²) in [6, 6.07) is 7.71. The fourth-order valence-electron chi connectivity index (χ4n) is 3.58. The van der Waals surface area contributed by atoms with Crippen LogP contribution in [0, 0.1) is 11.8 Å². The Balaban J connectivity index is 2.05. The first-order valence-corrected chi connectivity index (χ1v) is 9.52. The molecule has 1 unspecified atom stereocenters. The van der Waals surface area contributed by atoms with Crippen LogP contribution in [-0.4, -0.2) is 37.5 Å². The molecule has 26 heavy (non-hydrogen) atoms. The van der Waals surface area contributed by atoms with Crippen molar-refractivity contribution in [2.75, 3.05) is 20.8 Å². The first-order valence-electron chi connectivity index (χ1n) is 9.52. The smallest absolute Gasteiger partial charge is 0.310 e. The van der Waals surface area contributed by atoms with Crippen molar-refractivity contribution < 1.29 is 19.1 Å². The molecule has 1 aliphatic carbocycles. The maximum absolute atomic E-state index is 12.9. The molecule has 0 saturated heterocycles. The summed E-state index contributed by atoms with van der Waals surface area (Å²) in [6.45, 7) is 2.68. The summed E-state index contributed by atoms with van der Waals surface area (Å²) in [5, 5.41) is 0. The second kappa shape index (κ2) is 10.2. The molecule has 0 heterocycles. The van der Waals surface area contributed by atoms with E-state index in [1.807, 2.05) is 24.3 Å². The molecule has 0 bridgehead atoms. The van der Waals surface area contributed by atoms with Crippen LogP contribution in [0.4, 0.5) is 0 Å². The van der Waals surface area contributed by atoms with Gasteiger partial charge in [-0.3, -0.25) is 9.59 Å². The average molecular weight is 361 g/mol. The molecule has 1 atom stereocenters. The summed E-state index contributed by atoms with van der Waals surface area (Å²) in [7, 11) is 3.02. The SMILES string of the molecule is COC(=O)C(C)CN(Cc1ccc(OC)cc1)C(=O)CC1CCCCC1. The number of methoxy groups -OCH3 is 2. The van der Waals surface area contributed by atoms with Gasteiger partial charge in [0.2, 0.25) is 5.91 Å². The van der Waals surface area contributed by atoms with Gasteiger partial charge >= 0.3 is 5.97 Å². The zero-order chi connectivity index (χ0) is 18.9. The van der Waals surface area contributed by atoms with Gasteiger partial charge in [-0.25, -0.2) is 0 Å². The molecule has 1 amide bonds. The second-order valence-corrected chi connectivity index (χ2v) is 7.25. The Morgan fingerprint density at radius 1 is 1.12 bits per heavy atom. The normalized spacial score (nSPS) is 16.0. The molecule has 0 spiro atoms. The molecule has 0 N–H and O–H groups in total. The lowest BCUT2D eigenvalue weighted by atomic mass is 9.86. The molecule has 0 aliphatic heterocycles. The molecule has 5 heteroatoms. The van der Waals surface area contributed by atoms with Crippen LogP contribution < -0.4 is 4.74 Å². The van der Waals surface area contributed by atoms with Gasteiger partial charge < -0.3 is 14.4 Å². The Labute approximate surface area is 156 Å². The highest BCUT2D eigenvalue weighted by Gasteiger charge is 2.25. The standard InChI is InChI=1S/C21H31NO4/c1-16(21(24)26-3)14-22(15-18-9-11-19(25-2)12-10-18)20(23)13-17-7-5-4-6-8-17/h9-12,16-17H,4-8,13-15H2,1-3H3. The minimum atomic E-state index is -0.339. The summed E-state index contributed by atoms with van der Waals surface area (Å²) >= 11 is 0. The molecular formula is C21H31NO4. The van der Waals surface area contributed by atoms with Crippen molar-refractivity contribution in [3.05, 3.63) is 29.8 Å². The Bertz CT molecular complexity index is 578. The molecule has 1 fully saturated rings. The van der Waals surface area contributed by atoms with Crippen LogP contribution in [0.5, 0.6) is 5.75 Å². The first-order chi connectivity index (χ1) is 12.5. The van der Waals surface area contributed by atoms with Crippen LogP contribution in [0.2, 0.25) is 0 Å². The van der Waals surface area contributed by atoms with Gasteiger partial charge in [0.25, 0.3) is 0 Å². The third kappa shape index (κ3) is 6.04. The highest BCUT2D eigenvalue weighted by atomic mass is 16.5. The lowest BCUT2D eigenvalue weighted by molar-refractivity contribution is -0.146. The van der Waals surface area contributed by atoms with Gasteiger partial charge in [-0.1, -0.05) is 38.3 Å². The average Bonchev–Trinajstić information content (AvgIpc) is 2.68. The van der Waals surface area contributed by atoms with Crippen LogP contribution in [0.3, 0.4) is 0 Å². The first kappa shape index (κ1) is 20.3. The molecule has 0 radical (unpaired) electrons. The van der Waals surface area contributed by atoms with E-state index >= 15 is 0 Å². The van der Waals surface area contributed by atoms with Crippen molar-refractivity contribution in [1.29, 1.82) is 0 Å². The van der Waals surface area contributed by atoms with Gasteiger partial charge in [0, 0.05) is 19.5 Å². The fourth-order valence-corrected chi connectivity index (χ4v) is 3.58. The summed E-state index contributed by atoms with van der Waals surface area (Å²) in [6.07, 6.45) is 6.55. The molecule has 1 saturated carbocycles. The quantitative estimate of drug-likeness (QED) is 0.661. The van der Waals surface area contributed by atoms with Crippen molar-refractivity contribution in [2.45, 2.75) is 52.0 Å². The van der Waals surface area contributed by atoms with Gasteiger partial charge in [-0.15, -0.1) is 0 Å². The summed E-state index contributed by atoms with van der Waals surface area (Å²) in [5.41, 5.74) is 1.03. The van der Waals surface area contributed by atoms with Crippen LogP contribution in [0.1, 0.15) is 51.0 Å². The largest absolute Gasteiger partial charge is 0.497 e. The van der Waals surface area contributed by atoms with Crippen molar-refractivity contribution in [3.8, 4) is 5.75 Å². The van der Waals surface area contributed by atoms with Gasteiger partial charge in [-0.2, -0.15) is 0 Å². The van der Waals surface area contributed by atoms with E-state index in [1.165, 1.54) is 26.4 Å². The van der Waals surface area contributed by atoms with E-state index in [-0.39, 0.29) is 17.8 Å². The van der Waals surface area contributed by atoms with E-state index in [9.17, 15) is 9.59 Å². The molecule has 1 aromatic carbocycles. The zero-order valence-electron chi connectivity index (χ0n) is 16.2. The van der Waals surface area contributed by atoms with Crippen molar-refractivity contribution >= 4 is 11.9 Å². The molecule has 144 valence electrons. The van der Waals surface area contributed by atoms with E-state index in [1.54, 1.807) is 18.9 Å². The van der Waals surface area contributed by atoms with Gasteiger partial charge in [0.1, 0.15) is 5.75 Å². The number of carbonyl (C=O) groups excluding carboxylic acids is 2. The number of carbonyl (C=O) groups is 2. The summed E-state index contributed by atoms with van der Waals surface area (Å²) in [4.78, 5) is 26.6. The number of esters is 1. The maximum atomic E-state index is 12.9. The molecular weight excluding hydrogens is 330 g/mol. The molecule has 1 aromatic rings. The minimum Gasteiger partial charge on any atom is -0.497 e. The number of hydrogen-bond acceptors (Lipinski definition) is 4. The van der Waals surface area contributed by atoms with Crippen molar-refractivity contribution in [1.82, 2.24) is 4.90 Å². The topological polar surface area (TPSA) is 55.8 Å². The number of benzene rings is 1. The maximum Gasteiger partial charge on any atom is 0.310 e. The lowest BCUT2D eigenvalue weighted by Crippen LogP contribution is -2.37. The Morgan fingerprint density at radius 2 is 1.77 bits per heavy atom. The van der Waals surface area contributed by atoms with Crippen LogP contribution >= 0.6 is 0 Å². The molecule has 1 aliphatic rings. The number of nitrogens with zero attached hydrogens (tertiary/aromatic N) is 1. The van der Waals surface area contributed by atoms with E-state index < -0.39 is 0 Å². The van der Waals surface area contributed by atoms with E-state index in [4.69, 9.17) is 9.47 Å². The third-order valence-corrected chi connectivity index (χ3v) is 5.17. The number of hydrogen-bond donors (Lipinski definition) is 0. The van der Waals surface area contributed by atoms with Crippen LogP contribution in [0.15, 0.2) is 24.3 Å². The Kier molecular flexibility index (Phi) is 7.95. The third-order valence-electron chi connectivity index (χ3n) is 5.17. The predicted octanol–water partition coefficient (Wildman–Crippen LogP) is 3.80. The molecule has 5 nitrogen and oxygen atoms in total. The fraction of sp³-hybridized carbons (Fsp3) is 0.619. The van der Waals surface area contributed by atoms with Crippen molar-refractivity contribution in [2.24, 2.45) is 11.8 Å². The monoisotopic (exact) mass is 361 g/mol. The predicted molar refractivity (Wildman–Crippen MR) is 101 cm³/mol. The summed E-state index contributed by atoms with van der Waals surface area (Å²) < 4.78 is 10.0. The van der Waals surface area contributed by atoms with Gasteiger partial charge in [-0.05, 0) is 36.5 Å². The zero-order valence-corrected chi connectivity index (χ0v) is 16.2. The second-order valence-electron chi connectivity index (χ2n) is 7.25. The summed E-state index contributed by atoms with van der Waals surface area (Å²) in [5.74, 6) is 0.770. The van der Waals surface area contributed by atoms with E-state index in [2.05, 4.69) is 0 Å². The van der Waals surface area contributed by atoms with Crippen LogP contribution in [-0.2, 0) is 20.9 Å². The van der Waals surface area contributed by atoms with E-state index in [0.717, 1.165) is 24.2 Å². The number of amides is 1. The highest BCUT2D eigenvalue weighted by molar-refractivity contribution is 5.78. The lowest BCUT2D eigenvalue weighted by Gasteiger charge is -2.28.